The Balaban J connectivity index is 1.88. The number of nitrogens with one attached hydrogen (secondary N) is 1. The van der Waals surface area contributed by atoms with Crippen LogP contribution < -0.4 is 4.72 Å². The summed E-state index contributed by atoms with van der Waals surface area (Å²) in [6.45, 7) is 2.74. The normalized spacial score (nSPS) is 17.6. The number of hydrogen-bond acceptors (Lipinski definition) is 5. The highest BCUT2D eigenvalue weighted by atomic mass is 32.2. The summed E-state index contributed by atoms with van der Waals surface area (Å²) in [4.78, 5) is 17.8. The van der Waals surface area contributed by atoms with Gasteiger partial charge in [0.2, 0.25) is 10.0 Å². The number of piperidine rings is 1. The SMILES string of the molecule is CCS(=O)(=O)NC1CCN(C(=O)c2cscn2)CC1. The molecule has 1 amide bonds. The van der Waals surface area contributed by atoms with Gasteiger partial charge >= 0.3 is 0 Å². The molecule has 1 fully saturated rings. The molecule has 2 rings (SSSR count). The van der Waals surface area contributed by atoms with Gasteiger partial charge in [-0.1, -0.05) is 0 Å². The average Bonchev–Trinajstić information content (AvgIpc) is 2.92. The van der Waals surface area contributed by atoms with Crippen LogP contribution in [0, 0.1) is 0 Å². The third kappa shape index (κ3) is 3.74. The molecule has 1 saturated heterocycles. The topological polar surface area (TPSA) is 79.4 Å². The molecule has 0 atom stereocenters. The number of likely N-dealkylation sites (tertiary alicyclic amines) is 1. The number of hydrogen-bond donors (Lipinski definition) is 1. The molecule has 0 aromatic carbocycles. The highest BCUT2D eigenvalue weighted by molar-refractivity contribution is 7.89. The maximum atomic E-state index is 12.0. The highest BCUT2D eigenvalue weighted by Gasteiger charge is 2.26. The second-order valence-corrected chi connectivity index (χ2v) is 7.22. The van der Waals surface area contributed by atoms with Gasteiger partial charge in [0.05, 0.1) is 11.3 Å². The van der Waals surface area contributed by atoms with Gasteiger partial charge in [-0.05, 0) is 19.8 Å². The van der Waals surface area contributed by atoms with E-state index in [0.29, 0.717) is 31.6 Å². The number of sulfonamides is 1. The van der Waals surface area contributed by atoms with E-state index in [1.54, 1.807) is 22.7 Å². The van der Waals surface area contributed by atoms with Gasteiger partial charge in [0.1, 0.15) is 5.69 Å². The van der Waals surface area contributed by atoms with Crippen LogP contribution in [-0.2, 0) is 10.0 Å². The van der Waals surface area contributed by atoms with Crippen LogP contribution in [0.25, 0.3) is 0 Å². The van der Waals surface area contributed by atoms with Crippen molar-refractivity contribution in [3.05, 3.63) is 16.6 Å². The van der Waals surface area contributed by atoms with Crippen LogP contribution in [0.3, 0.4) is 0 Å². The Morgan fingerprint density at radius 2 is 2.21 bits per heavy atom. The molecule has 1 aliphatic rings. The van der Waals surface area contributed by atoms with E-state index in [2.05, 4.69) is 9.71 Å². The fourth-order valence-corrected chi connectivity index (χ4v) is 3.45. The molecule has 6 nitrogen and oxygen atoms in total. The first-order valence-corrected chi connectivity index (χ1v) is 8.79. The van der Waals surface area contributed by atoms with E-state index >= 15 is 0 Å². The van der Waals surface area contributed by atoms with E-state index in [0.717, 1.165) is 0 Å². The Kier molecular flexibility index (Phi) is 4.54. The molecule has 0 saturated carbocycles. The molecule has 0 unspecified atom stereocenters. The molecule has 1 aromatic rings. The van der Waals surface area contributed by atoms with Crippen molar-refractivity contribution in [3.63, 3.8) is 0 Å². The zero-order chi connectivity index (χ0) is 13.9. The summed E-state index contributed by atoms with van der Waals surface area (Å²) < 4.78 is 25.6. The molecule has 1 aliphatic heterocycles. The van der Waals surface area contributed by atoms with Crippen molar-refractivity contribution in [3.8, 4) is 0 Å². The van der Waals surface area contributed by atoms with Gasteiger partial charge in [0, 0.05) is 24.5 Å². The van der Waals surface area contributed by atoms with E-state index in [1.165, 1.54) is 11.3 Å². The number of amides is 1. The Labute approximate surface area is 116 Å². The summed E-state index contributed by atoms with van der Waals surface area (Å²) >= 11 is 1.39. The fraction of sp³-hybridized carbons (Fsp3) is 0.636. The number of carbonyl (C=O) groups is 1. The third-order valence-corrected chi connectivity index (χ3v) is 5.20. The Bertz CT molecular complexity index is 519. The van der Waals surface area contributed by atoms with E-state index in [1.807, 2.05) is 0 Å². The van der Waals surface area contributed by atoms with E-state index in [4.69, 9.17) is 0 Å². The smallest absolute Gasteiger partial charge is 0.273 e. The first-order chi connectivity index (χ1) is 9.02. The van der Waals surface area contributed by atoms with Gasteiger partial charge in [-0.15, -0.1) is 11.3 Å². The van der Waals surface area contributed by atoms with Gasteiger partial charge in [-0.25, -0.2) is 18.1 Å². The minimum Gasteiger partial charge on any atom is -0.337 e. The molecule has 0 aliphatic carbocycles. The van der Waals surface area contributed by atoms with Gasteiger partial charge in [-0.2, -0.15) is 0 Å². The summed E-state index contributed by atoms with van der Waals surface area (Å²) in [6.07, 6.45) is 1.30. The largest absolute Gasteiger partial charge is 0.337 e. The summed E-state index contributed by atoms with van der Waals surface area (Å²) in [6, 6.07) is -0.0653. The van der Waals surface area contributed by atoms with Gasteiger partial charge in [0.25, 0.3) is 5.91 Å². The van der Waals surface area contributed by atoms with Crippen LogP contribution >= 0.6 is 11.3 Å². The van der Waals surface area contributed by atoms with Crippen LogP contribution in [0.1, 0.15) is 30.3 Å². The van der Waals surface area contributed by atoms with Crippen LogP contribution in [0.4, 0.5) is 0 Å². The van der Waals surface area contributed by atoms with Crippen molar-refractivity contribution in [2.75, 3.05) is 18.8 Å². The van der Waals surface area contributed by atoms with Crippen molar-refractivity contribution in [1.82, 2.24) is 14.6 Å². The predicted molar refractivity (Wildman–Crippen MR) is 73.6 cm³/mol. The monoisotopic (exact) mass is 303 g/mol. The van der Waals surface area contributed by atoms with Crippen LogP contribution in [0.15, 0.2) is 10.9 Å². The van der Waals surface area contributed by atoms with Crippen molar-refractivity contribution in [1.29, 1.82) is 0 Å². The van der Waals surface area contributed by atoms with Crippen molar-refractivity contribution >= 4 is 27.3 Å². The number of aromatic nitrogens is 1. The fourth-order valence-electron chi connectivity index (χ4n) is 2.02. The molecule has 19 heavy (non-hydrogen) atoms. The van der Waals surface area contributed by atoms with Crippen molar-refractivity contribution < 1.29 is 13.2 Å². The van der Waals surface area contributed by atoms with Crippen LogP contribution in [-0.4, -0.2) is 49.1 Å². The number of rotatable bonds is 4. The molecule has 1 N–H and O–H groups in total. The standard InChI is InChI=1S/C11H17N3O3S2/c1-2-19(16,17)13-9-3-5-14(6-4-9)11(15)10-7-18-8-12-10/h7-9,13H,2-6H2,1H3. The number of thiazole rings is 1. The summed E-state index contributed by atoms with van der Waals surface area (Å²) in [5.41, 5.74) is 2.10. The first kappa shape index (κ1) is 14.4. The number of nitrogens with zero attached hydrogens (tertiary/aromatic N) is 2. The first-order valence-electron chi connectivity index (χ1n) is 6.19. The minimum atomic E-state index is -3.16. The zero-order valence-electron chi connectivity index (χ0n) is 10.7. The van der Waals surface area contributed by atoms with Crippen molar-refractivity contribution in [2.24, 2.45) is 0 Å². The highest BCUT2D eigenvalue weighted by Crippen LogP contribution is 2.14. The second-order valence-electron chi connectivity index (χ2n) is 4.46. The lowest BCUT2D eigenvalue weighted by atomic mass is 10.1. The quantitative estimate of drug-likeness (QED) is 0.887. The van der Waals surface area contributed by atoms with Gasteiger partial charge < -0.3 is 4.90 Å². The molecular formula is C11H17N3O3S2. The maximum absolute atomic E-state index is 12.0. The van der Waals surface area contributed by atoms with E-state index in [-0.39, 0.29) is 17.7 Å². The molecular weight excluding hydrogens is 286 g/mol. The summed E-state index contributed by atoms with van der Waals surface area (Å²) in [5, 5.41) is 1.73. The Morgan fingerprint density at radius 3 is 2.74 bits per heavy atom. The van der Waals surface area contributed by atoms with Crippen LogP contribution in [0.2, 0.25) is 0 Å². The second kappa shape index (κ2) is 5.98. The molecule has 0 radical (unpaired) electrons. The zero-order valence-corrected chi connectivity index (χ0v) is 12.3. The Morgan fingerprint density at radius 1 is 1.53 bits per heavy atom. The predicted octanol–water partition coefficient (Wildman–Crippen LogP) is 0.687. The molecule has 1 aromatic heterocycles. The molecule has 0 spiro atoms. The van der Waals surface area contributed by atoms with Gasteiger partial charge in [-0.3, -0.25) is 4.79 Å². The maximum Gasteiger partial charge on any atom is 0.273 e. The summed E-state index contributed by atoms with van der Waals surface area (Å²) in [7, 11) is -3.16. The third-order valence-electron chi connectivity index (χ3n) is 3.16. The molecule has 0 bridgehead atoms. The molecule has 106 valence electrons. The van der Waals surface area contributed by atoms with E-state index in [9.17, 15) is 13.2 Å². The van der Waals surface area contributed by atoms with Crippen LogP contribution in [0.5, 0.6) is 0 Å². The van der Waals surface area contributed by atoms with Crippen molar-refractivity contribution in [2.45, 2.75) is 25.8 Å². The lowest BCUT2D eigenvalue weighted by molar-refractivity contribution is 0.0706. The number of carbonyl (C=O) groups excluding carboxylic acids is 1. The molecule has 2 heterocycles. The van der Waals surface area contributed by atoms with Gasteiger partial charge in [0.15, 0.2) is 0 Å². The minimum absolute atomic E-state index is 0.0653. The average molecular weight is 303 g/mol. The lowest BCUT2D eigenvalue weighted by Crippen LogP contribution is -2.46. The Hall–Kier alpha value is -0.990. The summed E-state index contributed by atoms with van der Waals surface area (Å²) in [5.74, 6) is 0.0170. The molecule has 8 heteroatoms. The van der Waals surface area contributed by atoms with E-state index < -0.39 is 10.0 Å². The lowest BCUT2D eigenvalue weighted by Gasteiger charge is -2.31.